The third kappa shape index (κ3) is 11.1. The van der Waals surface area contributed by atoms with Crippen molar-refractivity contribution in [2.75, 3.05) is 11.1 Å². The van der Waals surface area contributed by atoms with Crippen LogP contribution in [0.4, 0.5) is 55.3 Å². The third-order valence-corrected chi connectivity index (χ3v) is 8.46. The molecule has 29 heteroatoms. The highest BCUT2D eigenvalue weighted by atomic mass is 19.4. The number of para-hydroxylation sites is 2. The van der Waals surface area contributed by atoms with E-state index in [1.165, 1.54) is 20.2 Å². The summed E-state index contributed by atoms with van der Waals surface area (Å²) in [5.41, 5.74) is 0.319. The molecule has 68 heavy (non-hydrogen) atoms. The van der Waals surface area contributed by atoms with E-state index >= 15 is 0 Å². The van der Waals surface area contributed by atoms with Gasteiger partial charge in [-0.25, -0.2) is 51.3 Å². The van der Waals surface area contributed by atoms with Crippen molar-refractivity contribution >= 4 is 23.3 Å². The lowest BCUT2D eigenvalue weighted by Gasteiger charge is -2.10. The number of amides is 1. The van der Waals surface area contributed by atoms with Crippen molar-refractivity contribution in [1.29, 1.82) is 0 Å². The molecule has 0 aliphatic rings. The van der Waals surface area contributed by atoms with Crippen molar-refractivity contribution in [3.63, 3.8) is 0 Å². The minimum absolute atomic E-state index is 0. The van der Waals surface area contributed by atoms with Crippen molar-refractivity contribution in [3.05, 3.63) is 152 Å². The molecule has 0 aliphatic heterocycles. The molecule has 0 spiro atoms. The number of carboxylic acids is 1. The normalized spacial score (nSPS) is 11.2. The van der Waals surface area contributed by atoms with Gasteiger partial charge in [0.15, 0.2) is 34.4 Å². The maximum absolute atomic E-state index is 13.7. The molecular weight excluding hydrogens is 938 g/mol. The number of aromatic carboxylic acids is 1. The van der Waals surface area contributed by atoms with Crippen LogP contribution < -0.4 is 22.6 Å². The number of anilines is 2. The van der Waals surface area contributed by atoms with E-state index in [4.69, 9.17) is 19.7 Å². The largest absolute Gasteiger partial charge is 0.478 e. The van der Waals surface area contributed by atoms with Crippen LogP contribution in [0.1, 0.15) is 39.5 Å². The number of pyridine rings is 2. The second-order valence-corrected chi connectivity index (χ2v) is 13.0. The van der Waals surface area contributed by atoms with Gasteiger partial charge in [0.2, 0.25) is 0 Å². The summed E-state index contributed by atoms with van der Waals surface area (Å²) in [6.07, 6.45) is -7.83. The van der Waals surface area contributed by atoms with E-state index in [1.54, 1.807) is 0 Å². The van der Waals surface area contributed by atoms with Gasteiger partial charge in [0, 0.05) is 38.6 Å². The maximum atomic E-state index is 13.7. The monoisotopic (exact) mass is 966 g/mol. The number of carboxylic acid groups (broad SMARTS) is 1. The lowest BCUT2D eigenvalue weighted by atomic mass is 10.2. The Bertz CT molecular complexity index is 3190. The molecular formula is C39H28F10N12O7. The molecule has 0 saturated carbocycles. The van der Waals surface area contributed by atoms with Gasteiger partial charge in [-0.05, 0) is 48.5 Å². The summed E-state index contributed by atoms with van der Waals surface area (Å²) >= 11 is 0. The van der Waals surface area contributed by atoms with Crippen molar-refractivity contribution in [3.8, 4) is 34.8 Å². The smallest absolute Gasteiger partial charge is 0.437 e. The zero-order valence-corrected chi connectivity index (χ0v) is 33.3. The molecule has 0 fully saturated rings. The van der Waals surface area contributed by atoms with Crippen molar-refractivity contribution in [1.82, 2.24) is 49.1 Å². The lowest BCUT2D eigenvalue weighted by Crippen LogP contribution is -2.16. The highest BCUT2D eigenvalue weighted by Gasteiger charge is 2.39. The molecule has 1 amide bonds. The van der Waals surface area contributed by atoms with Crippen LogP contribution in [-0.2, 0) is 26.4 Å². The summed E-state index contributed by atoms with van der Waals surface area (Å²) in [6.45, 7) is 0. The SMILES string of the molecule is C.Cn1nc(-c2cc(C(F)(F)F)n(-c3ccc(C(=O)Nc4c(F)cccc4F)cn3)n2)oc1=O.Cn1nc(-c2cc(C(F)(F)F)n(-c3ccc(C(=O)O)cn3)n2)oc1=O.Nc1c(F)cccc1F. The number of nitrogens with zero attached hydrogens (tertiary/aromatic N) is 10. The quantitative estimate of drug-likeness (QED) is 0.111. The molecule has 2 aromatic carbocycles. The fraction of sp³-hybridized carbons (Fsp3) is 0.128. The Labute approximate surface area is 371 Å². The molecule has 8 aromatic rings. The first kappa shape index (κ1) is 50.1. The number of nitrogens with one attached hydrogen (secondary N) is 1. The highest BCUT2D eigenvalue weighted by Crippen LogP contribution is 2.34. The zero-order chi connectivity index (χ0) is 49.1. The van der Waals surface area contributed by atoms with Crippen LogP contribution in [0, 0.1) is 23.3 Å². The molecule has 8 rings (SSSR count). The van der Waals surface area contributed by atoms with E-state index in [1.807, 2.05) is 5.32 Å². The van der Waals surface area contributed by atoms with Gasteiger partial charge in [0.1, 0.15) is 34.6 Å². The molecule has 0 saturated heterocycles. The van der Waals surface area contributed by atoms with Crippen LogP contribution >= 0.6 is 0 Å². The topological polar surface area (TPSA) is 250 Å². The van der Waals surface area contributed by atoms with Crippen LogP contribution in [0.3, 0.4) is 0 Å². The molecule has 0 bridgehead atoms. The van der Waals surface area contributed by atoms with Crippen LogP contribution in [0.25, 0.3) is 34.8 Å². The first-order chi connectivity index (χ1) is 31.4. The predicted octanol–water partition coefficient (Wildman–Crippen LogP) is 6.69. The number of benzene rings is 2. The fourth-order valence-electron chi connectivity index (χ4n) is 5.22. The van der Waals surface area contributed by atoms with E-state index in [0.29, 0.717) is 21.5 Å². The number of alkyl halides is 6. The summed E-state index contributed by atoms with van der Waals surface area (Å²) in [7, 11) is 2.51. The Balaban J connectivity index is 0.000000217. The number of halogens is 10. The minimum Gasteiger partial charge on any atom is -0.478 e. The van der Waals surface area contributed by atoms with Gasteiger partial charge >= 0.3 is 29.8 Å². The Hall–Kier alpha value is -8.92. The average molecular weight is 967 g/mol. The molecule has 356 valence electrons. The van der Waals surface area contributed by atoms with Crippen LogP contribution in [-0.4, -0.2) is 66.1 Å². The molecule has 0 atom stereocenters. The van der Waals surface area contributed by atoms with Gasteiger partial charge < -0.3 is 25.0 Å². The molecule has 0 unspecified atom stereocenters. The predicted molar refractivity (Wildman–Crippen MR) is 213 cm³/mol. The highest BCUT2D eigenvalue weighted by molar-refractivity contribution is 6.04. The second-order valence-electron chi connectivity index (χ2n) is 13.0. The number of nitrogen functional groups attached to an aromatic ring is 1. The summed E-state index contributed by atoms with van der Waals surface area (Å²) in [5.74, 6) is -8.83. The molecule has 6 heterocycles. The Kier molecular flexibility index (Phi) is 14.5. The lowest BCUT2D eigenvalue weighted by molar-refractivity contribution is -0.143. The van der Waals surface area contributed by atoms with E-state index in [2.05, 4.69) is 30.4 Å². The molecule has 0 radical (unpaired) electrons. The number of carbonyl (C=O) groups is 2. The minimum atomic E-state index is -4.86. The second kappa shape index (κ2) is 19.7. The Morgan fingerprint density at radius 1 is 0.632 bits per heavy atom. The number of rotatable bonds is 7. The van der Waals surface area contributed by atoms with Gasteiger partial charge in [-0.15, -0.1) is 10.2 Å². The maximum Gasteiger partial charge on any atom is 0.437 e. The first-order valence-electron chi connectivity index (χ1n) is 18.0. The van der Waals surface area contributed by atoms with Crippen molar-refractivity contribution in [2.45, 2.75) is 19.8 Å². The number of hydrogen-bond donors (Lipinski definition) is 3. The van der Waals surface area contributed by atoms with Crippen molar-refractivity contribution in [2.24, 2.45) is 14.1 Å². The molecule has 4 N–H and O–H groups in total. The van der Waals surface area contributed by atoms with E-state index in [9.17, 15) is 63.1 Å². The number of aromatic nitrogens is 10. The number of hydrogen-bond acceptors (Lipinski definition) is 13. The van der Waals surface area contributed by atoms with Gasteiger partial charge in [-0.3, -0.25) is 4.79 Å². The van der Waals surface area contributed by atoms with E-state index < -0.39 is 87.7 Å². The number of aryl methyl sites for hydroxylation is 2. The molecule has 0 aliphatic carbocycles. The van der Waals surface area contributed by atoms with Gasteiger partial charge in [-0.2, -0.15) is 45.9 Å². The Morgan fingerprint density at radius 2 is 1.03 bits per heavy atom. The third-order valence-electron chi connectivity index (χ3n) is 8.46. The van der Waals surface area contributed by atoms with Gasteiger partial charge in [-0.1, -0.05) is 19.6 Å². The summed E-state index contributed by atoms with van der Waals surface area (Å²) in [4.78, 5) is 53.3. The molecule has 6 aromatic heterocycles. The van der Waals surface area contributed by atoms with E-state index in [-0.39, 0.29) is 47.5 Å². The zero-order valence-electron chi connectivity index (χ0n) is 33.3. The van der Waals surface area contributed by atoms with Gasteiger partial charge in [0.25, 0.3) is 17.7 Å². The van der Waals surface area contributed by atoms with Crippen molar-refractivity contribution < 1.29 is 67.4 Å². The van der Waals surface area contributed by atoms with Crippen LogP contribution in [0.2, 0.25) is 0 Å². The summed E-state index contributed by atoms with van der Waals surface area (Å²) in [5, 5.41) is 25.6. The first-order valence-corrected chi connectivity index (χ1v) is 18.0. The van der Waals surface area contributed by atoms with Crippen LogP contribution in [0.5, 0.6) is 0 Å². The van der Waals surface area contributed by atoms with Gasteiger partial charge in [0.05, 0.1) is 11.1 Å². The standard InChI is InChI=1S/C19H11F5N6O3.C13H8F3N5O4.C6H5F2N.CH4/c1-29-18(32)33-17(28-29)12-7-13(19(22,23)24)30(27-12)14-6-5-9(8-25-14)16(31)26-15-10(20)3-2-4-11(15)21;1-20-12(24)25-10(19-20)7-4-8(13(14,15)16)21(18-7)9-3-2-6(5-17-9)11(22)23;7-4-2-1-3-5(8)6(4)9;/h2-8H,1H3,(H,26,31);2-5H,1H3,(H,22,23);1-3H,9H2;1H4. The average Bonchev–Trinajstić information content (AvgIpc) is 4.07. The summed E-state index contributed by atoms with van der Waals surface area (Å²) < 4.78 is 144. The van der Waals surface area contributed by atoms with Crippen LogP contribution in [0.15, 0.2) is 104 Å². The Morgan fingerprint density at radius 3 is 1.35 bits per heavy atom. The summed E-state index contributed by atoms with van der Waals surface area (Å²) in [6, 6.07) is 12.1. The number of nitrogens with two attached hydrogens (primary N) is 1. The van der Waals surface area contributed by atoms with E-state index in [0.717, 1.165) is 76.4 Å². The number of carbonyl (C=O) groups excluding carboxylic acids is 1. The molecule has 19 nitrogen and oxygen atoms in total. The fourth-order valence-corrected chi connectivity index (χ4v) is 5.22.